The molecular formula is C21H29ClN2O. The zero-order valence-electron chi connectivity index (χ0n) is 15.0. The van der Waals surface area contributed by atoms with E-state index < -0.39 is 0 Å². The Hall–Kier alpha value is -1.58. The predicted octanol–water partition coefficient (Wildman–Crippen LogP) is 4.62. The lowest BCUT2D eigenvalue weighted by molar-refractivity contribution is 0.195. The van der Waals surface area contributed by atoms with Crippen LogP contribution in [0.1, 0.15) is 43.4 Å². The molecule has 3 nitrogen and oxygen atoms in total. The second kappa shape index (κ2) is 10.4. The first-order chi connectivity index (χ1) is 11.9. The van der Waals surface area contributed by atoms with Crippen LogP contribution in [0.4, 0.5) is 0 Å². The van der Waals surface area contributed by atoms with Crippen molar-refractivity contribution in [1.29, 1.82) is 0 Å². The number of nitrogens with one attached hydrogen (secondary N) is 1. The van der Waals surface area contributed by atoms with Gasteiger partial charge in [-0.1, -0.05) is 43.7 Å². The second-order valence-corrected chi connectivity index (χ2v) is 6.63. The monoisotopic (exact) mass is 360 g/mol. The van der Waals surface area contributed by atoms with E-state index in [0.29, 0.717) is 11.8 Å². The first kappa shape index (κ1) is 19.7. The van der Waals surface area contributed by atoms with Gasteiger partial charge in [0, 0.05) is 18.7 Å². The van der Waals surface area contributed by atoms with E-state index in [0.717, 1.165) is 44.0 Å². The summed E-state index contributed by atoms with van der Waals surface area (Å²) in [5, 5.41) is 3.52. The Bertz CT molecular complexity index is 620. The van der Waals surface area contributed by atoms with Crippen LogP contribution in [0.25, 0.3) is 0 Å². The van der Waals surface area contributed by atoms with Gasteiger partial charge in [-0.25, -0.2) is 0 Å². The van der Waals surface area contributed by atoms with E-state index in [1.807, 2.05) is 12.3 Å². The van der Waals surface area contributed by atoms with Gasteiger partial charge in [-0.05, 0) is 49.4 Å². The van der Waals surface area contributed by atoms with Gasteiger partial charge in [-0.3, -0.25) is 4.98 Å². The lowest BCUT2D eigenvalue weighted by Gasteiger charge is -2.32. The number of unbranched alkanes of at least 4 members (excludes halogenated alkanes) is 1. The lowest BCUT2D eigenvalue weighted by Crippen LogP contribution is -2.38. The molecule has 0 aliphatic carbocycles. The molecule has 4 heteroatoms. The first-order valence-corrected chi connectivity index (χ1v) is 9.21. The van der Waals surface area contributed by atoms with Crippen LogP contribution in [0.15, 0.2) is 48.7 Å². The van der Waals surface area contributed by atoms with Gasteiger partial charge in [0.05, 0.1) is 12.3 Å². The molecule has 1 aliphatic rings. The van der Waals surface area contributed by atoms with Crippen LogP contribution in [-0.4, -0.2) is 24.7 Å². The Labute approximate surface area is 157 Å². The lowest BCUT2D eigenvalue weighted by atomic mass is 9.81. The molecule has 0 amide bonds. The van der Waals surface area contributed by atoms with Crippen molar-refractivity contribution >= 4 is 12.4 Å². The fourth-order valence-electron chi connectivity index (χ4n) is 3.52. The van der Waals surface area contributed by atoms with Crippen LogP contribution in [0.5, 0.6) is 5.75 Å². The average molecular weight is 361 g/mol. The van der Waals surface area contributed by atoms with Crippen LogP contribution in [-0.2, 0) is 6.42 Å². The molecular weight excluding hydrogens is 332 g/mol. The number of aryl methyl sites for hydroxylation is 1. The highest BCUT2D eigenvalue weighted by Gasteiger charge is 2.27. The maximum atomic E-state index is 6.22. The number of halogens is 1. The van der Waals surface area contributed by atoms with Gasteiger partial charge >= 0.3 is 0 Å². The third-order valence-corrected chi connectivity index (χ3v) is 4.90. The molecule has 1 aromatic carbocycles. The molecule has 1 fully saturated rings. The van der Waals surface area contributed by atoms with Crippen molar-refractivity contribution in [3.63, 3.8) is 0 Å². The average Bonchev–Trinajstić information content (AvgIpc) is 2.66. The summed E-state index contributed by atoms with van der Waals surface area (Å²) in [4.78, 5) is 4.52. The van der Waals surface area contributed by atoms with Crippen LogP contribution >= 0.6 is 12.4 Å². The fourth-order valence-corrected chi connectivity index (χ4v) is 3.52. The van der Waals surface area contributed by atoms with Crippen molar-refractivity contribution in [3.05, 3.63) is 59.9 Å². The molecule has 2 aromatic rings. The number of ether oxygens (including phenoxy) is 1. The minimum absolute atomic E-state index is 0. The van der Waals surface area contributed by atoms with Crippen molar-refractivity contribution < 1.29 is 4.74 Å². The van der Waals surface area contributed by atoms with Gasteiger partial charge < -0.3 is 10.1 Å². The van der Waals surface area contributed by atoms with Crippen molar-refractivity contribution in [3.8, 4) is 5.75 Å². The number of nitrogens with zero attached hydrogens (tertiary/aromatic N) is 1. The Morgan fingerprint density at radius 3 is 2.80 bits per heavy atom. The number of benzene rings is 1. The molecule has 136 valence electrons. The maximum absolute atomic E-state index is 6.22. The van der Waals surface area contributed by atoms with Gasteiger partial charge in [0.1, 0.15) is 5.75 Å². The first-order valence-electron chi connectivity index (χ1n) is 9.21. The Morgan fingerprint density at radius 2 is 2.00 bits per heavy atom. The summed E-state index contributed by atoms with van der Waals surface area (Å²) in [6, 6.07) is 14.9. The molecule has 1 saturated heterocycles. The van der Waals surface area contributed by atoms with E-state index in [2.05, 4.69) is 53.6 Å². The molecule has 1 aliphatic heterocycles. The number of pyridine rings is 1. The third-order valence-electron chi connectivity index (χ3n) is 4.90. The number of hydrogen-bond acceptors (Lipinski definition) is 3. The number of piperidine rings is 1. The molecule has 25 heavy (non-hydrogen) atoms. The summed E-state index contributed by atoms with van der Waals surface area (Å²) in [5.74, 6) is 2.03. The minimum atomic E-state index is 0. The van der Waals surface area contributed by atoms with Crippen LogP contribution in [0.2, 0.25) is 0 Å². The van der Waals surface area contributed by atoms with Crippen molar-refractivity contribution in [1.82, 2.24) is 10.3 Å². The van der Waals surface area contributed by atoms with Gasteiger partial charge in [-0.2, -0.15) is 0 Å². The highest BCUT2D eigenvalue weighted by atomic mass is 35.5. The van der Waals surface area contributed by atoms with E-state index >= 15 is 0 Å². The van der Waals surface area contributed by atoms with E-state index in [1.165, 1.54) is 18.4 Å². The molecule has 0 unspecified atom stereocenters. The summed E-state index contributed by atoms with van der Waals surface area (Å²) in [5.41, 5.74) is 2.53. The topological polar surface area (TPSA) is 34.1 Å². The van der Waals surface area contributed by atoms with E-state index in [1.54, 1.807) is 0 Å². The molecule has 1 aromatic heterocycles. The molecule has 2 heterocycles. The van der Waals surface area contributed by atoms with Crippen molar-refractivity contribution in [2.45, 2.75) is 38.5 Å². The van der Waals surface area contributed by atoms with Gasteiger partial charge in [0.2, 0.25) is 0 Å². The predicted molar refractivity (Wildman–Crippen MR) is 106 cm³/mol. The fraction of sp³-hybridized carbons (Fsp3) is 0.476. The smallest absolute Gasteiger partial charge is 0.140 e. The van der Waals surface area contributed by atoms with Crippen LogP contribution in [0, 0.1) is 5.92 Å². The SMILES string of the molecule is CCCCc1ncccc1OC[C@@H]1CNCC[C@H]1c1ccccc1.Cl. The molecule has 0 radical (unpaired) electrons. The molecule has 3 rings (SSSR count). The number of aromatic nitrogens is 1. The maximum Gasteiger partial charge on any atom is 0.140 e. The standard InChI is InChI=1S/C21H28N2O.ClH/c1-2-3-10-20-21(11-7-13-23-20)24-16-18-15-22-14-12-19(18)17-8-5-4-6-9-17;/h4-9,11,13,18-19,22H,2-3,10,12,14-16H2,1H3;1H/t18-,19-;/m0./s1. The van der Waals surface area contributed by atoms with Crippen molar-refractivity contribution in [2.24, 2.45) is 5.92 Å². The van der Waals surface area contributed by atoms with E-state index in [4.69, 9.17) is 4.74 Å². The normalized spacial score (nSPS) is 19.9. The molecule has 0 spiro atoms. The third kappa shape index (κ3) is 5.45. The summed E-state index contributed by atoms with van der Waals surface area (Å²) in [6.45, 7) is 5.06. The molecule has 0 bridgehead atoms. The van der Waals surface area contributed by atoms with Crippen LogP contribution in [0.3, 0.4) is 0 Å². The van der Waals surface area contributed by atoms with E-state index in [9.17, 15) is 0 Å². The van der Waals surface area contributed by atoms with Crippen LogP contribution < -0.4 is 10.1 Å². The summed E-state index contributed by atoms with van der Waals surface area (Å²) in [6.07, 6.45) is 6.38. The molecule has 1 N–H and O–H groups in total. The van der Waals surface area contributed by atoms with Crippen molar-refractivity contribution in [2.75, 3.05) is 19.7 Å². The van der Waals surface area contributed by atoms with E-state index in [-0.39, 0.29) is 12.4 Å². The molecule has 2 atom stereocenters. The largest absolute Gasteiger partial charge is 0.491 e. The Balaban J connectivity index is 0.00000225. The highest BCUT2D eigenvalue weighted by Crippen LogP contribution is 2.31. The highest BCUT2D eigenvalue weighted by molar-refractivity contribution is 5.85. The zero-order valence-corrected chi connectivity index (χ0v) is 15.8. The summed E-state index contributed by atoms with van der Waals surface area (Å²) < 4.78 is 6.22. The second-order valence-electron chi connectivity index (χ2n) is 6.63. The summed E-state index contributed by atoms with van der Waals surface area (Å²) >= 11 is 0. The Kier molecular flexibility index (Phi) is 8.23. The number of hydrogen-bond donors (Lipinski definition) is 1. The minimum Gasteiger partial charge on any atom is -0.491 e. The summed E-state index contributed by atoms with van der Waals surface area (Å²) in [7, 11) is 0. The van der Waals surface area contributed by atoms with Gasteiger partial charge in [0.15, 0.2) is 0 Å². The zero-order chi connectivity index (χ0) is 16.6. The molecule has 0 saturated carbocycles. The van der Waals surface area contributed by atoms with Gasteiger partial charge in [0.25, 0.3) is 0 Å². The number of rotatable bonds is 7. The van der Waals surface area contributed by atoms with Gasteiger partial charge in [-0.15, -0.1) is 12.4 Å². The quantitative estimate of drug-likeness (QED) is 0.782. The Morgan fingerprint density at radius 1 is 1.16 bits per heavy atom.